The first-order valence-corrected chi connectivity index (χ1v) is 9.29. The summed E-state index contributed by atoms with van der Waals surface area (Å²) < 4.78 is 13.2. The Hall–Kier alpha value is -1.94. The van der Waals surface area contributed by atoms with Crippen molar-refractivity contribution in [3.8, 4) is 0 Å². The number of nitrogens with one attached hydrogen (secondary N) is 1. The van der Waals surface area contributed by atoms with Gasteiger partial charge in [-0.25, -0.2) is 0 Å². The van der Waals surface area contributed by atoms with Gasteiger partial charge >= 0.3 is 0 Å². The lowest BCUT2D eigenvalue weighted by molar-refractivity contribution is -0.146. The minimum atomic E-state index is -0.805. The smallest absolute Gasteiger partial charge is 0.224 e. The van der Waals surface area contributed by atoms with E-state index in [0.717, 1.165) is 35.2 Å². The summed E-state index contributed by atoms with van der Waals surface area (Å²) in [5, 5.41) is 3.63. The molecule has 0 radical (unpaired) electrons. The van der Waals surface area contributed by atoms with E-state index in [9.17, 15) is 0 Å². The molecule has 0 saturated carbocycles. The molecule has 3 aliphatic rings. The van der Waals surface area contributed by atoms with Crippen molar-refractivity contribution in [1.82, 2.24) is 5.32 Å². The van der Waals surface area contributed by atoms with E-state index in [0.29, 0.717) is 12.6 Å². The third-order valence-corrected chi connectivity index (χ3v) is 5.64. The van der Waals surface area contributed by atoms with Crippen molar-refractivity contribution in [2.75, 3.05) is 13.2 Å². The highest BCUT2D eigenvalue weighted by atomic mass is 16.7. The first-order chi connectivity index (χ1) is 12.4. The van der Waals surface area contributed by atoms with Gasteiger partial charge in [-0.05, 0) is 30.5 Å². The van der Waals surface area contributed by atoms with E-state index in [2.05, 4.69) is 66.0 Å². The zero-order valence-electron chi connectivity index (χ0n) is 14.3. The molecular weight excluding hydrogens is 310 g/mol. The minimum absolute atomic E-state index is 0.0829. The first kappa shape index (κ1) is 15.3. The Morgan fingerprint density at radius 3 is 2.20 bits per heavy atom. The van der Waals surface area contributed by atoms with Crippen LogP contribution in [0.15, 0.2) is 48.5 Å². The Labute approximate surface area is 148 Å². The van der Waals surface area contributed by atoms with Crippen LogP contribution in [0.1, 0.15) is 41.5 Å². The Kier molecular flexibility index (Phi) is 3.74. The van der Waals surface area contributed by atoms with Crippen LogP contribution in [0.2, 0.25) is 0 Å². The molecule has 2 aliphatic heterocycles. The molecular formula is C22H23NO2. The van der Waals surface area contributed by atoms with E-state index in [1.54, 1.807) is 0 Å². The topological polar surface area (TPSA) is 30.5 Å². The maximum absolute atomic E-state index is 6.74. The second-order valence-electron chi connectivity index (χ2n) is 7.15. The Morgan fingerprint density at radius 1 is 0.880 bits per heavy atom. The number of piperidine rings is 1. The summed E-state index contributed by atoms with van der Waals surface area (Å²) in [5.41, 5.74) is 4.54. The molecule has 0 unspecified atom stereocenters. The van der Waals surface area contributed by atoms with Crippen LogP contribution in [-0.2, 0) is 15.3 Å². The molecule has 128 valence electrons. The van der Waals surface area contributed by atoms with Crippen molar-refractivity contribution in [2.45, 2.75) is 37.2 Å². The summed E-state index contributed by atoms with van der Waals surface area (Å²) in [4.78, 5) is 0. The van der Waals surface area contributed by atoms with Gasteiger partial charge in [-0.1, -0.05) is 67.1 Å². The van der Waals surface area contributed by atoms with Gasteiger partial charge in [-0.3, -0.25) is 0 Å². The highest BCUT2D eigenvalue weighted by Crippen LogP contribution is 2.46. The average molecular weight is 333 g/mol. The normalized spacial score (nSPS) is 26.9. The van der Waals surface area contributed by atoms with Gasteiger partial charge in [-0.2, -0.15) is 0 Å². The maximum Gasteiger partial charge on any atom is 0.224 e. The third-order valence-electron chi connectivity index (χ3n) is 5.64. The lowest BCUT2D eigenvalue weighted by Crippen LogP contribution is -2.45. The largest absolute Gasteiger partial charge is 0.339 e. The molecule has 0 amide bonds. The zero-order valence-corrected chi connectivity index (χ0v) is 14.3. The molecule has 1 N–H and O–H groups in total. The molecule has 2 heterocycles. The van der Waals surface area contributed by atoms with Crippen molar-refractivity contribution >= 4 is 12.2 Å². The molecule has 5 rings (SSSR count). The van der Waals surface area contributed by atoms with Gasteiger partial charge in [-0.15, -0.1) is 0 Å². The molecule has 2 aromatic carbocycles. The van der Waals surface area contributed by atoms with E-state index in [1.165, 1.54) is 12.8 Å². The second kappa shape index (κ2) is 6.10. The van der Waals surface area contributed by atoms with E-state index < -0.39 is 5.79 Å². The molecule has 0 bridgehead atoms. The highest BCUT2D eigenvalue weighted by Gasteiger charge is 2.49. The highest BCUT2D eigenvalue weighted by molar-refractivity contribution is 5.76. The summed E-state index contributed by atoms with van der Waals surface area (Å²) in [7, 11) is 0. The van der Waals surface area contributed by atoms with E-state index in [-0.39, 0.29) is 6.10 Å². The maximum atomic E-state index is 6.74. The van der Waals surface area contributed by atoms with Gasteiger partial charge in [0.2, 0.25) is 5.79 Å². The quantitative estimate of drug-likeness (QED) is 0.858. The predicted octanol–water partition coefficient (Wildman–Crippen LogP) is 3.93. The van der Waals surface area contributed by atoms with Crippen molar-refractivity contribution in [3.05, 3.63) is 70.8 Å². The van der Waals surface area contributed by atoms with Crippen LogP contribution in [0.5, 0.6) is 0 Å². The number of benzene rings is 2. The van der Waals surface area contributed by atoms with Gasteiger partial charge in [0.25, 0.3) is 0 Å². The van der Waals surface area contributed by atoms with Crippen LogP contribution >= 0.6 is 0 Å². The van der Waals surface area contributed by atoms with Crippen molar-refractivity contribution in [1.29, 1.82) is 0 Å². The van der Waals surface area contributed by atoms with Crippen LogP contribution in [0.3, 0.4) is 0 Å². The lowest BCUT2D eigenvalue weighted by Gasteiger charge is -2.33. The monoisotopic (exact) mass is 333 g/mol. The number of hydrogen-bond donors (Lipinski definition) is 1. The molecule has 1 aliphatic carbocycles. The molecule has 2 saturated heterocycles. The lowest BCUT2D eigenvalue weighted by atomic mass is 9.92. The fourth-order valence-corrected chi connectivity index (χ4v) is 4.37. The third kappa shape index (κ3) is 2.46. The van der Waals surface area contributed by atoms with Gasteiger partial charge in [0.15, 0.2) is 0 Å². The molecule has 0 aromatic heterocycles. The molecule has 2 fully saturated rings. The minimum Gasteiger partial charge on any atom is -0.339 e. The number of fused-ring (bicyclic) bond motifs is 4. The van der Waals surface area contributed by atoms with E-state index >= 15 is 0 Å². The summed E-state index contributed by atoms with van der Waals surface area (Å²) >= 11 is 0. The fourth-order valence-electron chi connectivity index (χ4n) is 4.37. The van der Waals surface area contributed by atoms with Gasteiger partial charge in [0.1, 0.15) is 6.10 Å². The van der Waals surface area contributed by atoms with Crippen molar-refractivity contribution in [2.24, 2.45) is 0 Å². The SMILES string of the molecule is C1=Cc2ccccc2C2(OC[C@H]([C@@H]3CCCCN3)O2)c2ccccc21. The molecule has 3 heteroatoms. The summed E-state index contributed by atoms with van der Waals surface area (Å²) in [6.45, 7) is 1.70. The van der Waals surface area contributed by atoms with Crippen LogP contribution in [-0.4, -0.2) is 25.3 Å². The van der Waals surface area contributed by atoms with E-state index in [4.69, 9.17) is 9.47 Å². The van der Waals surface area contributed by atoms with Crippen LogP contribution in [0.4, 0.5) is 0 Å². The molecule has 1 spiro atoms. The first-order valence-electron chi connectivity index (χ1n) is 9.29. The Balaban J connectivity index is 1.61. The fraction of sp³-hybridized carbons (Fsp3) is 0.364. The van der Waals surface area contributed by atoms with Crippen molar-refractivity contribution in [3.63, 3.8) is 0 Å². The average Bonchev–Trinajstić information content (AvgIpc) is 3.08. The van der Waals surface area contributed by atoms with Gasteiger partial charge in [0.05, 0.1) is 6.61 Å². The molecule has 2 atom stereocenters. The van der Waals surface area contributed by atoms with Crippen LogP contribution in [0, 0.1) is 0 Å². The standard InChI is InChI=1S/C22H23NO2/c1-3-9-18-16(7-1)12-13-17-8-2-4-10-19(17)22(18)24-15-21(25-22)20-11-5-6-14-23-20/h1-4,7-10,12-13,20-21,23H,5-6,11,14-15H2/t20-,21+/m0/s1. The van der Waals surface area contributed by atoms with Crippen LogP contribution in [0.25, 0.3) is 12.2 Å². The van der Waals surface area contributed by atoms with Crippen molar-refractivity contribution < 1.29 is 9.47 Å². The van der Waals surface area contributed by atoms with Gasteiger partial charge < -0.3 is 14.8 Å². The summed E-state index contributed by atoms with van der Waals surface area (Å²) in [5.74, 6) is -0.805. The summed E-state index contributed by atoms with van der Waals surface area (Å²) in [6, 6.07) is 17.2. The molecule has 2 aromatic rings. The number of hydrogen-bond acceptors (Lipinski definition) is 3. The zero-order chi connectivity index (χ0) is 16.7. The van der Waals surface area contributed by atoms with E-state index in [1.807, 2.05) is 0 Å². The van der Waals surface area contributed by atoms with Crippen LogP contribution < -0.4 is 5.32 Å². The number of ether oxygens (including phenoxy) is 2. The molecule has 3 nitrogen and oxygen atoms in total. The number of rotatable bonds is 1. The molecule has 25 heavy (non-hydrogen) atoms. The predicted molar refractivity (Wildman–Crippen MR) is 99.1 cm³/mol. The second-order valence-corrected chi connectivity index (χ2v) is 7.15. The summed E-state index contributed by atoms with van der Waals surface area (Å²) in [6.07, 6.45) is 8.10. The van der Waals surface area contributed by atoms with Gasteiger partial charge in [0, 0.05) is 17.2 Å². The Bertz CT molecular complexity index is 758. The Morgan fingerprint density at radius 2 is 1.56 bits per heavy atom.